The number of halogens is 3. The molecule has 1 aliphatic carbocycles. The second-order valence-electron chi connectivity index (χ2n) is 10.9. The molecule has 1 fully saturated rings. The number of nitrogens with one attached hydrogen (secondary N) is 3. The molecule has 1 aromatic carbocycles. The van der Waals surface area contributed by atoms with Gasteiger partial charge < -0.3 is 24.7 Å². The molecule has 206 valence electrons. The van der Waals surface area contributed by atoms with Gasteiger partial charge in [-0.3, -0.25) is 0 Å². The summed E-state index contributed by atoms with van der Waals surface area (Å²) >= 11 is 0. The lowest BCUT2D eigenvalue weighted by Gasteiger charge is -2.17. The number of hydrogen-bond acceptors (Lipinski definition) is 6. The average molecular weight is 558 g/mol. The van der Waals surface area contributed by atoms with Gasteiger partial charge in [0.1, 0.15) is 12.7 Å². The number of aryl methyl sites for hydroxylation is 1. The van der Waals surface area contributed by atoms with E-state index in [-0.39, 0.29) is 17.7 Å². The summed E-state index contributed by atoms with van der Waals surface area (Å²) in [4.78, 5) is 16.0. The summed E-state index contributed by atoms with van der Waals surface area (Å²) < 4.78 is 58.2. The number of rotatable bonds is 1. The van der Waals surface area contributed by atoms with Crippen LogP contribution in [0.4, 0.5) is 19.1 Å². The highest BCUT2D eigenvalue weighted by Gasteiger charge is 2.37. The maximum Gasteiger partial charge on any atom is 0.419 e. The van der Waals surface area contributed by atoms with E-state index in [1.807, 2.05) is 6.07 Å². The molecule has 3 N–H and O–H groups in total. The van der Waals surface area contributed by atoms with E-state index in [4.69, 9.17) is 0 Å². The van der Waals surface area contributed by atoms with Gasteiger partial charge in [0.05, 0.1) is 29.4 Å². The third-order valence-corrected chi connectivity index (χ3v) is 9.27. The van der Waals surface area contributed by atoms with Crippen LogP contribution in [0.15, 0.2) is 37.1 Å². The van der Waals surface area contributed by atoms with Crippen molar-refractivity contribution in [3.05, 3.63) is 42.6 Å². The summed E-state index contributed by atoms with van der Waals surface area (Å²) in [6.45, 7) is 4.99. The first kappa shape index (κ1) is 26.1. The van der Waals surface area contributed by atoms with Gasteiger partial charge >= 0.3 is 6.18 Å². The Balaban J connectivity index is 1.57. The van der Waals surface area contributed by atoms with E-state index < -0.39 is 18.9 Å². The van der Waals surface area contributed by atoms with Crippen molar-refractivity contribution in [2.75, 3.05) is 25.2 Å². The minimum Gasteiger partial charge on any atom is -0.360 e. The van der Waals surface area contributed by atoms with E-state index in [0.29, 0.717) is 27.8 Å². The van der Waals surface area contributed by atoms with Crippen LogP contribution >= 0.6 is 7.14 Å². The number of benzene rings is 1. The van der Waals surface area contributed by atoms with E-state index >= 15 is 0 Å². The topological polar surface area (TPSA) is 101 Å². The van der Waals surface area contributed by atoms with E-state index in [2.05, 4.69) is 35.1 Å². The zero-order valence-electron chi connectivity index (χ0n) is 21.8. The van der Waals surface area contributed by atoms with Crippen molar-refractivity contribution in [1.82, 2.24) is 29.8 Å². The predicted octanol–water partition coefficient (Wildman–Crippen LogP) is 5.47. The quantitative estimate of drug-likeness (QED) is 0.269. The highest BCUT2D eigenvalue weighted by Crippen LogP contribution is 2.45. The Labute approximate surface area is 224 Å². The van der Waals surface area contributed by atoms with Crippen LogP contribution in [0, 0.1) is 0 Å². The van der Waals surface area contributed by atoms with Crippen LogP contribution in [0.3, 0.4) is 0 Å². The van der Waals surface area contributed by atoms with Gasteiger partial charge in [0.25, 0.3) is 0 Å². The number of hydrogen-bond donors (Lipinski definition) is 3. The molecule has 0 unspecified atom stereocenters. The van der Waals surface area contributed by atoms with Gasteiger partial charge in [0, 0.05) is 52.8 Å². The number of alkyl halides is 3. The Morgan fingerprint density at radius 2 is 1.90 bits per heavy atom. The number of anilines is 1. The van der Waals surface area contributed by atoms with E-state index in [1.54, 1.807) is 31.9 Å². The van der Waals surface area contributed by atoms with Crippen molar-refractivity contribution in [3.63, 3.8) is 0 Å². The average Bonchev–Trinajstić information content (AvgIpc) is 3.61. The molecule has 0 spiro atoms. The van der Waals surface area contributed by atoms with Crippen LogP contribution in [0.5, 0.6) is 0 Å². The molecule has 8 nitrogen and oxygen atoms in total. The van der Waals surface area contributed by atoms with E-state index in [0.717, 1.165) is 62.6 Å². The molecule has 3 aliphatic rings. The summed E-state index contributed by atoms with van der Waals surface area (Å²) in [5, 5.41) is 8.01. The SMILES string of the molecule is CP(C)(=O)c1c2ccc3c(c[nH]c13)-c1nc(ncc1C(F)(F)F)N[C@H]1CC[C@@H](C1)NCCCCn1cncc1-2. The number of fused-ring (bicyclic) bond motifs is 5. The number of imidazole rings is 1. The van der Waals surface area contributed by atoms with Crippen LogP contribution in [0.2, 0.25) is 0 Å². The zero-order valence-corrected chi connectivity index (χ0v) is 22.7. The maximum atomic E-state index is 14.1. The van der Waals surface area contributed by atoms with Gasteiger partial charge in [-0.2, -0.15) is 13.2 Å². The van der Waals surface area contributed by atoms with Crippen molar-refractivity contribution < 1.29 is 17.7 Å². The van der Waals surface area contributed by atoms with Gasteiger partial charge in [-0.05, 0) is 52.0 Å². The molecule has 3 aromatic heterocycles. The first-order valence-electron chi connectivity index (χ1n) is 13.2. The lowest BCUT2D eigenvalue weighted by Crippen LogP contribution is -2.29. The molecule has 2 atom stereocenters. The fraction of sp³-hybridized carbons (Fsp3) is 0.444. The Kier molecular flexibility index (Phi) is 6.54. The smallest absolute Gasteiger partial charge is 0.360 e. The summed E-state index contributed by atoms with van der Waals surface area (Å²) in [5.74, 6) is 0.174. The number of aromatic amines is 1. The largest absolute Gasteiger partial charge is 0.419 e. The van der Waals surface area contributed by atoms with Crippen molar-refractivity contribution in [2.45, 2.75) is 56.9 Å². The van der Waals surface area contributed by atoms with Crippen molar-refractivity contribution >= 4 is 29.3 Å². The fourth-order valence-electron chi connectivity index (χ4n) is 5.93. The number of aromatic nitrogens is 5. The van der Waals surface area contributed by atoms with Crippen molar-refractivity contribution in [1.29, 1.82) is 0 Å². The Morgan fingerprint density at radius 3 is 2.69 bits per heavy atom. The monoisotopic (exact) mass is 557 g/mol. The second-order valence-corrected chi connectivity index (χ2v) is 14.0. The molecular formula is C27H31F3N7OP. The molecule has 2 aliphatic heterocycles. The number of nitrogens with zero attached hydrogens (tertiary/aromatic N) is 4. The summed E-state index contributed by atoms with van der Waals surface area (Å²) in [6.07, 6.45) is 5.94. The minimum absolute atomic E-state index is 0.0749. The second kappa shape index (κ2) is 9.78. The minimum atomic E-state index is -4.64. The first-order chi connectivity index (χ1) is 18.6. The van der Waals surface area contributed by atoms with Crippen LogP contribution in [-0.2, 0) is 17.3 Å². The van der Waals surface area contributed by atoms with Crippen LogP contribution < -0.4 is 15.9 Å². The van der Waals surface area contributed by atoms with Gasteiger partial charge in [-0.15, -0.1) is 0 Å². The highest BCUT2D eigenvalue weighted by atomic mass is 31.2. The number of H-pyrrole nitrogens is 1. The predicted molar refractivity (Wildman–Crippen MR) is 147 cm³/mol. The van der Waals surface area contributed by atoms with Crippen molar-refractivity contribution in [3.8, 4) is 22.5 Å². The van der Waals surface area contributed by atoms with Crippen LogP contribution in [-0.4, -0.2) is 56.5 Å². The normalized spacial score (nSPS) is 20.4. The third-order valence-electron chi connectivity index (χ3n) is 7.73. The lowest BCUT2D eigenvalue weighted by molar-refractivity contribution is -0.137. The first-order valence-corrected chi connectivity index (χ1v) is 15.8. The molecule has 4 aromatic rings. The third kappa shape index (κ3) is 4.98. The van der Waals surface area contributed by atoms with E-state index in [9.17, 15) is 17.7 Å². The summed E-state index contributed by atoms with van der Waals surface area (Å²) in [5.41, 5.74) is 1.32. The zero-order chi connectivity index (χ0) is 27.4. The van der Waals surface area contributed by atoms with Crippen molar-refractivity contribution in [2.24, 2.45) is 0 Å². The van der Waals surface area contributed by atoms with Gasteiger partial charge in [-0.1, -0.05) is 12.1 Å². The Morgan fingerprint density at radius 1 is 1.08 bits per heavy atom. The molecular weight excluding hydrogens is 526 g/mol. The lowest BCUT2D eigenvalue weighted by atomic mass is 10.0. The summed E-state index contributed by atoms with van der Waals surface area (Å²) in [6, 6.07) is 4.03. The highest BCUT2D eigenvalue weighted by molar-refractivity contribution is 7.70. The van der Waals surface area contributed by atoms with Gasteiger partial charge in [0.2, 0.25) is 5.95 Å². The molecule has 8 bridgehead atoms. The van der Waals surface area contributed by atoms with Crippen LogP contribution in [0.1, 0.15) is 37.7 Å². The molecule has 12 heteroatoms. The van der Waals surface area contributed by atoms with E-state index in [1.165, 1.54) is 6.20 Å². The van der Waals surface area contributed by atoms with Gasteiger partial charge in [-0.25, -0.2) is 15.0 Å². The molecule has 1 saturated carbocycles. The van der Waals surface area contributed by atoms with Gasteiger partial charge in [0.15, 0.2) is 0 Å². The molecule has 0 radical (unpaired) electrons. The van der Waals surface area contributed by atoms with Crippen LogP contribution in [0.25, 0.3) is 33.4 Å². The fourth-order valence-corrected chi connectivity index (χ4v) is 7.42. The molecule has 39 heavy (non-hydrogen) atoms. The summed E-state index contributed by atoms with van der Waals surface area (Å²) in [7, 11) is -2.89. The molecule has 0 saturated heterocycles. The maximum absolute atomic E-state index is 14.1. The Hall–Kier alpha value is -3.17. The molecule has 5 heterocycles. The standard InChI is InChI=1S/C27H31F3N7OP/c1-39(2,38)25-19-8-7-18-20(12-33-24(18)25)23-21(27(28,29)30)13-34-26(36-23)35-17-6-5-16(11-17)32-9-3-4-10-37-15-31-14-22(19)37/h7-8,12-17,32-33H,3-6,9-11H2,1-2H3,(H,34,35,36)/t16-,17-/m0/s1. The molecule has 7 rings (SSSR count). The Bertz CT molecular complexity index is 1570. The molecule has 0 amide bonds.